The normalized spacial score (nSPS) is 11.0. The van der Waals surface area contributed by atoms with E-state index in [1.54, 1.807) is 30.6 Å². The van der Waals surface area contributed by atoms with Crippen molar-refractivity contribution in [2.45, 2.75) is 12.8 Å². The Kier molecular flexibility index (Phi) is 6.16. The summed E-state index contributed by atoms with van der Waals surface area (Å²) < 4.78 is 43.5. The zero-order valence-corrected chi connectivity index (χ0v) is 13.4. The van der Waals surface area contributed by atoms with Crippen molar-refractivity contribution in [1.82, 2.24) is 9.88 Å². The lowest BCUT2D eigenvalue weighted by Crippen LogP contribution is -2.39. The second-order valence-electron chi connectivity index (χ2n) is 5.27. The van der Waals surface area contributed by atoms with Gasteiger partial charge in [-0.1, -0.05) is 18.2 Å². The van der Waals surface area contributed by atoms with Crippen molar-refractivity contribution in [3.8, 4) is 5.75 Å². The van der Waals surface area contributed by atoms with E-state index in [1.165, 1.54) is 18.2 Å². The molecule has 1 heterocycles. The molecule has 1 amide bonds. The van der Waals surface area contributed by atoms with Gasteiger partial charge in [0.2, 0.25) is 0 Å². The van der Waals surface area contributed by atoms with E-state index in [1.807, 2.05) is 6.07 Å². The Balaban J connectivity index is 2.10. The largest absolute Gasteiger partial charge is 0.489 e. The van der Waals surface area contributed by atoms with Crippen LogP contribution in [-0.2, 0) is 6.61 Å². The number of carbonyl (C=O) groups excluding carboxylic acids is 1. The Bertz CT molecular complexity index is 718. The van der Waals surface area contributed by atoms with Crippen LogP contribution < -0.4 is 4.74 Å². The number of alkyl halides is 3. The van der Waals surface area contributed by atoms with Gasteiger partial charge in [-0.15, -0.1) is 6.58 Å². The zero-order chi connectivity index (χ0) is 18.3. The number of halogens is 3. The Morgan fingerprint density at radius 1 is 1.28 bits per heavy atom. The second kappa shape index (κ2) is 8.32. The summed E-state index contributed by atoms with van der Waals surface area (Å²) in [7, 11) is 0. The standard InChI is InChI=1S/C18H17F3N2O2/c1-2-9-23(13-18(19,20)21)17(24)15-6-3-7-16(10-15)25-12-14-5-4-8-22-11-14/h2-8,10-11H,1,9,12-13H2. The molecule has 0 aliphatic carbocycles. The van der Waals surface area contributed by atoms with E-state index in [2.05, 4.69) is 11.6 Å². The number of nitrogens with zero attached hydrogens (tertiary/aromatic N) is 2. The predicted octanol–water partition coefficient (Wildman–Crippen LogP) is 3.85. The molecule has 2 aromatic rings. The van der Waals surface area contributed by atoms with Crippen molar-refractivity contribution in [1.29, 1.82) is 0 Å². The average Bonchev–Trinajstić information content (AvgIpc) is 2.59. The van der Waals surface area contributed by atoms with E-state index in [-0.39, 0.29) is 18.7 Å². The summed E-state index contributed by atoms with van der Waals surface area (Å²) in [4.78, 5) is 17.0. The lowest BCUT2D eigenvalue weighted by molar-refractivity contribution is -0.139. The number of aromatic nitrogens is 1. The topological polar surface area (TPSA) is 42.4 Å². The number of rotatable bonds is 7. The first-order valence-corrected chi connectivity index (χ1v) is 7.48. The van der Waals surface area contributed by atoms with Crippen LogP contribution in [0.3, 0.4) is 0 Å². The molecular weight excluding hydrogens is 333 g/mol. The molecule has 0 spiro atoms. The zero-order valence-electron chi connectivity index (χ0n) is 13.4. The molecule has 25 heavy (non-hydrogen) atoms. The van der Waals surface area contributed by atoms with Crippen LogP contribution in [0.25, 0.3) is 0 Å². The third-order valence-electron chi connectivity index (χ3n) is 3.22. The number of hydrogen-bond acceptors (Lipinski definition) is 3. The number of pyridine rings is 1. The Morgan fingerprint density at radius 3 is 2.72 bits per heavy atom. The molecule has 1 aromatic heterocycles. The lowest BCUT2D eigenvalue weighted by Gasteiger charge is -2.22. The van der Waals surface area contributed by atoms with Gasteiger partial charge in [-0.05, 0) is 24.3 Å². The van der Waals surface area contributed by atoms with E-state index < -0.39 is 18.6 Å². The summed E-state index contributed by atoms with van der Waals surface area (Å²) in [5, 5.41) is 0. The van der Waals surface area contributed by atoms with Crippen LogP contribution in [0.4, 0.5) is 13.2 Å². The predicted molar refractivity (Wildman–Crippen MR) is 87.2 cm³/mol. The summed E-state index contributed by atoms with van der Waals surface area (Å²) in [6.07, 6.45) is 0.0568. The Hall–Kier alpha value is -2.83. The van der Waals surface area contributed by atoms with Gasteiger partial charge in [0, 0.05) is 30.1 Å². The molecule has 2 rings (SSSR count). The summed E-state index contributed by atoms with van der Waals surface area (Å²) in [5.74, 6) is -0.343. The van der Waals surface area contributed by atoms with E-state index in [9.17, 15) is 18.0 Å². The van der Waals surface area contributed by atoms with E-state index in [0.717, 1.165) is 5.56 Å². The highest BCUT2D eigenvalue weighted by Gasteiger charge is 2.32. The van der Waals surface area contributed by atoms with Gasteiger partial charge in [-0.25, -0.2) is 0 Å². The van der Waals surface area contributed by atoms with Crippen molar-refractivity contribution in [3.05, 3.63) is 72.6 Å². The van der Waals surface area contributed by atoms with Crippen LogP contribution in [0, 0.1) is 0 Å². The number of hydrogen-bond donors (Lipinski definition) is 0. The summed E-state index contributed by atoms with van der Waals surface area (Å²) in [6.45, 7) is 2.11. The second-order valence-corrected chi connectivity index (χ2v) is 5.27. The quantitative estimate of drug-likeness (QED) is 0.713. The van der Waals surface area contributed by atoms with Crippen LogP contribution in [0.15, 0.2) is 61.4 Å². The summed E-state index contributed by atoms with van der Waals surface area (Å²) >= 11 is 0. The first-order valence-electron chi connectivity index (χ1n) is 7.48. The van der Waals surface area contributed by atoms with E-state index >= 15 is 0 Å². The maximum absolute atomic E-state index is 12.6. The highest BCUT2D eigenvalue weighted by atomic mass is 19.4. The highest BCUT2D eigenvalue weighted by molar-refractivity contribution is 5.94. The highest BCUT2D eigenvalue weighted by Crippen LogP contribution is 2.20. The molecule has 132 valence electrons. The van der Waals surface area contributed by atoms with Crippen molar-refractivity contribution < 1.29 is 22.7 Å². The lowest BCUT2D eigenvalue weighted by atomic mass is 10.2. The average molecular weight is 350 g/mol. The minimum Gasteiger partial charge on any atom is -0.489 e. The Morgan fingerprint density at radius 2 is 2.08 bits per heavy atom. The molecule has 0 radical (unpaired) electrons. The third-order valence-corrected chi connectivity index (χ3v) is 3.22. The molecule has 4 nitrogen and oxygen atoms in total. The number of carbonyl (C=O) groups is 1. The van der Waals surface area contributed by atoms with Gasteiger partial charge in [0.15, 0.2) is 0 Å². The van der Waals surface area contributed by atoms with Crippen molar-refractivity contribution in [2.75, 3.05) is 13.1 Å². The van der Waals surface area contributed by atoms with Crippen LogP contribution in [-0.4, -0.2) is 35.1 Å². The van der Waals surface area contributed by atoms with Crippen LogP contribution >= 0.6 is 0 Å². The molecule has 0 N–H and O–H groups in total. The van der Waals surface area contributed by atoms with Crippen LogP contribution in [0.2, 0.25) is 0 Å². The number of amides is 1. The molecule has 7 heteroatoms. The van der Waals surface area contributed by atoms with Crippen molar-refractivity contribution in [3.63, 3.8) is 0 Å². The van der Waals surface area contributed by atoms with Crippen LogP contribution in [0.1, 0.15) is 15.9 Å². The molecular formula is C18H17F3N2O2. The van der Waals surface area contributed by atoms with Gasteiger partial charge in [0.1, 0.15) is 18.9 Å². The first kappa shape index (κ1) is 18.5. The minimum atomic E-state index is -4.48. The summed E-state index contributed by atoms with van der Waals surface area (Å²) in [5.41, 5.74) is 0.958. The van der Waals surface area contributed by atoms with Gasteiger partial charge < -0.3 is 9.64 Å². The van der Waals surface area contributed by atoms with Crippen LogP contribution in [0.5, 0.6) is 5.75 Å². The van der Waals surface area contributed by atoms with Gasteiger partial charge in [-0.2, -0.15) is 13.2 Å². The fourth-order valence-corrected chi connectivity index (χ4v) is 2.14. The van der Waals surface area contributed by atoms with Gasteiger partial charge in [-0.3, -0.25) is 9.78 Å². The number of ether oxygens (including phenoxy) is 1. The first-order chi connectivity index (χ1) is 11.9. The maximum Gasteiger partial charge on any atom is 0.406 e. The fraction of sp³-hybridized carbons (Fsp3) is 0.222. The molecule has 0 saturated heterocycles. The Labute approximate surface area is 143 Å². The minimum absolute atomic E-state index is 0.120. The maximum atomic E-state index is 12.6. The molecule has 0 saturated carbocycles. The molecule has 1 aromatic carbocycles. The van der Waals surface area contributed by atoms with Crippen molar-refractivity contribution in [2.24, 2.45) is 0 Å². The van der Waals surface area contributed by atoms with Gasteiger partial charge in [0.25, 0.3) is 5.91 Å². The molecule has 0 aliphatic rings. The molecule has 0 fully saturated rings. The smallest absolute Gasteiger partial charge is 0.406 e. The third kappa shape index (κ3) is 5.95. The van der Waals surface area contributed by atoms with Gasteiger partial charge in [0.05, 0.1) is 0 Å². The molecule has 0 unspecified atom stereocenters. The fourth-order valence-electron chi connectivity index (χ4n) is 2.14. The monoisotopic (exact) mass is 350 g/mol. The molecule has 0 bridgehead atoms. The molecule has 0 aliphatic heterocycles. The SMILES string of the molecule is C=CCN(CC(F)(F)F)C(=O)c1cccc(OCc2cccnc2)c1. The molecule has 0 atom stereocenters. The van der Waals surface area contributed by atoms with Gasteiger partial charge >= 0.3 is 6.18 Å². The number of benzene rings is 1. The van der Waals surface area contributed by atoms with E-state index in [0.29, 0.717) is 10.6 Å². The van der Waals surface area contributed by atoms with E-state index in [4.69, 9.17) is 4.74 Å². The van der Waals surface area contributed by atoms with Crippen molar-refractivity contribution >= 4 is 5.91 Å². The summed E-state index contributed by atoms with van der Waals surface area (Å²) in [6, 6.07) is 9.66.